The summed E-state index contributed by atoms with van der Waals surface area (Å²) >= 11 is 0. The number of halogens is 1. The highest BCUT2D eigenvalue weighted by Gasteiger charge is 2.23. The number of rotatable bonds is 3. The van der Waals surface area contributed by atoms with Gasteiger partial charge in [0, 0.05) is 18.3 Å². The predicted molar refractivity (Wildman–Crippen MR) is 119 cm³/mol. The molecular weight excluding hydrogens is 393 g/mol. The molecule has 7 nitrogen and oxygen atoms in total. The molecule has 1 aromatic carbocycles. The molecule has 0 saturated carbocycles. The second-order valence-corrected chi connectivity index (χ2v) is 7.50. The summed E-state index contributed by atoms with van der Waals surface area (Å²) in [5.74, 6) is 0.169. The van der Waals surface area contributed by atoms with Crippen LogP contribution in [-0.4, -0.2) is 37.5 Å². The van der Waals surface area contributed by atoms with E-state index >= 15 is 0 Å². The van der Waals surface area contributed by atoms with E-state index < -0.39 is 0 Å². The van der Waals surface area contributed by atoms with Crippen molar-refractivity contribution in [3.05, 3.63) is 78.8 Å². The first-order chi connectivity index (χ1) is 15.1. The molecule has 0 atom stereocenters. The zero-order chi connectivity index (χ0) is 21.8. The van der Waals surface area contributed by atoms with E-state index in [1.54, 1.807) is 22.8 Å². The van der Waals surface area contributed by atoms with Crippen LogP contribution < -0.4 is 11.1 Å². The van der Waals surface area contributed by atoms with Crippen LogP contribution in [0.4, 0.5) is 4.39 Å². The fourth-order valence-electron chi connectivity index (χ4n) is 3.96. The van der Waals surface area contributed by atoms with E-state index in [9.17, 15) is 4.39 Å². The summed E-state index contributed by atoms with van der Waals surface area (Å²) in [5.41, 5.74) is 10.0. The van der Waals surface area contributed by atoms with Gasteiger partial charge in [-0.1, -0.05) is 6.58 Å². The molecule has 1 saturated heterocycles. The lowest BCUT2D eigenvalue weighted by molar-refractivity contribution is 0.451. The first-order valence-corrected chi connectivity index (χ1v) is 10.3. The normalized spacial score (nSPS) is 14.3. The number of benzene rings is 1. The van der Waals surface area contributed by atoms with Gasteiger partial charge in [-0.2, -0.15) is 10.2 Å². The summed E-state index contributed by atoms with van der Waals surface area (Å²) in [6.45, 7) is 7.05. The maximum Gasteiger partial charge on any atom is 0.164 e. The number of nitrogens with two attached hydrogens (primary N) is 1. The number of fused-ring (bicyclic) bond motifs is 1. The Hall–Kier alpha value is -3.52. The first kappa shape index (κ1) is 20.7. The zero-order valence-electron chi connectivity index (χ0n) is 17.5. The van der Waals surface area contributed by atoms with Crippen LogP contribution >= 0.6 is 0 Å². The quantitative estimate of drug-likeness (QED) is 0.530. The summed E-state index contributed by atoms with van der Waals surface area (Å²) in [6.07, 6.45) is 8.83. The molecule has 3 N–H and O–H groups in total. The topological polar surface area (TPSA) is 86.1 Å². The lowest BCUT2D eigenvalue weighted by atomic mass is 9.94. The highest BCUT2D eigenvalue weighted by atomic mass is 19.1. The molecule has 0 radical (unpaired) electrons. The minimum Gasteiger partial charge on any atom is -0.405 e. The van der Waals surface area contributed by atoms with Gasteiger partial charge in [-0.05, 0) is 75.0 Å². The van der Waals surface area contributed by atoms with Crippen molar-refractivity contribution in [3.63, 3.8) is 0 Å². The largest absolute Gasteiger partial charge is 0.405 e. The van der Waals surface area contributed by atoms with Crippen LogP contribution in [0.3, 0.4) is 0 Å². The van der Waals surface area contributed by atoms with Crippen LogP contribution in [0.1, 0.15) is 30.0 Å². The second-order valence-electron chi connectivity index (χ2n) is 7.50. The molecule has 31 heavy (non-hydrogen) atoms. The Morgan fingerprint density at radius 3 is 2.77 bits per heavy atom. The summed E-state index contributed by atoms with van der Waals surface area (Å²) in [6, 6.07) is 8.80. The number of piperidine rings is 1. The molecule has 0 bridgehead atoms. The van der Waals surface area contributed by atoms with Crippen LogP contribution in [0.25, 0.3) is 22.6 Å². The maximum atomic E-state index is 13.7. The average molecular weight is 420 g/mol. The SMILES string of the molecule is C=CN.Cc1cc(F)ccc1-n1nc(C2CCNCC2)cc1-c1cnn2cccnc12. The lowest BCUT2D eigenvalue weighted by Crippen LogP contribution is -2.26. The van der Waals surface area contributed by atoms with Gasteiger partial charge in [-0.3, -0.25) is 0 Å². The number of hydrogen-bond acceptors (Lipinski definition) is 5. The fraction of sp³-hybridized carbons (Fsp3) is 0.261. The Kier molecular flexibility index (Phi) is 6.08. The zero-order valence-corrected chi connectivity index (χ0v) is 17.5. The molecule has 4 heterocycles. The molecule has 0 amide bonds. The molecule has 0 spiro atoms. The molecule has 1 fully saturated rings. The van der Waals surface area contributed by atoms with E-state index in [0.29, 0.717) is 5.92 Å². The molecule has 1 aliphatic heterocycles. The van der Waals surface area contributed by atoms with E-state index in [-0.39, 0.29) is 5.82 Å². The first-order valence-electron chi connectivity index (χ1n) is 10.3. The van der Waals surface area contributed by atoms with Gasteiger partial charge in [0.1, 0.15) is 5.82 Å². The van der Waals surface area contributed by atoms with Gasteiger partial charge < -0.3 is 11.1 Å². The van der Waals surface area contributed by atoms with Crippen molar-refractivity contribution < 1.29 is 4.39 Å². The van der Waals surface area contributed by atoms with Gasteiger partial charge in [0.2, 0.25) is 0 Å². The Bertz CT molecular complexity index is 1190. The third kappa shape index (κ3) is 4.20. The third-order valence-corrected chi connectivity index (χ3v) is 5.43. The molecular formula is C23H26FN7. The maximum absolute atomic E-state index is 13.7. The summed E-state index contributed by atoms with van der Waals surface area (Å²) < 4.78 is 17.4. The Labute approximate surface area is 180 Å². The number of nitrogens with one attached hydrogen (secondary N) is 1. The van der Waals surface area contributed by atoms with Crippen molar-refractivity contribution in [3.8, 4) is 16.9 Å². The summed E-state index contributed by atoms with van der Waals surface area (Å²) in [7, 11) is 0. The summed E-state index contributed by atoms with van der Waals surface area (Å²) in [4.78, 5) is 4.50. The Morgan fingerprint density at radius 2 is 2.03 bits per heavy atom. The molecule has 0 unspecified atom stereocenters. The van der Waals surface area contributed by atoms with Crippen molar-refractivity contribution in [2.75, 3.05) is 13.1 Å². The van der Waals surface area contributed by atoms with Gasteiger partial charge in [0.15, 0.2) is 5.65 Å². The van der Waals surface area contributed by atoms with Gasteiger partial charge in [0.25, 0.3) is 0 Å². The molecule has 1 aliphatic rings. The average Bonchev–Trinajstić information content (AvgIpc) is 3.39. The van der Waals surface area contributed by atoms with Gasteiger partial charge >= 0.3 is 0 Å². The van der Waals surface area contributed by atoms with Crippen molar-refractivity contribution in [1.29, 1.82) is 0 Å². The predicted octanol–water partition coefficient (Wildman–Crippen LogP) is 3.59. The minimum atomic E-state index is -0.244. The molecule has 4 aromatic rings. The Balaban J connectivity index is 0.000000730. The van der Waals surface area contributed by atoms with Crippen LogP contribution in [0.15, 0.2) is 61.7 Å². The van der Waals surface area contributed by atoms with Crippen molar-refractivity contribution in [1.82, 2.24) is 29.7 Å². The van der Waals surface area contributed by atoms with Gasteiger partial charge in [-0.25, -0.2) is 18.6 Å². The highest BCUT2D eigenvalue weighted by molar-refractivity contribution is 5.76. The summed E-state index contributed by atoms with van der Waals surface area (Å²) in [5, 5.41) is 12.8. The molecule has 8 heteroatoms. The molecule has 3 aromatic heterocycles. The fourth-order valence-corrected chi connectivity index (χ4v) is 3.96. The second kappa shape index (κ2) is 9.09. The Morgan fingerprint density at radius 1 is 1.26 bits per heavy atom. The van der Waals surface area contributed by atoms with Crippen molar-refractivity contribution >= 4 is 5.65 Å². The smallest absolute Gasteiger partial charge is 0.164 e. The number of nitrogens with zero attached hydrogens (tertiary/aromatic N) is 5. The number of hydrogen-bond donors (Lipinski definition) is 2. The van der Waals surface area contributed by atoms with Gasteiger partial charge in [0.05, 0.1) is 28.8 Å². The van der Waals surface area contributed by atoms with E-state index in [1.165, 1.54) is 12.3 Å². The minimum absolute atomic E-state index is 0.244. The monoisotopic (exact) mass is 419 g/mol. The van der Waals surface area contributed by atoms with E-state index in [1.807, 2.05) is 30.1 Å². The van der Waals surface area contributed by atoms with Crippen LogP contribution in [0, 0.1) is 12.7 Å². The molecule has 0 aliphatic carbocycles. The number of aryl methyl sites for hydroxylation is 1. The van der Waals surface area contributed by atoms with Gasteiger partial charge in [-0.15, -0.1) is 0 Å². The third-order valence-electron chi connectivity index (χ3n) is 5.43. The van der Waals surface area contributed by atoms with E-state index in [4.69, 9.17) is 5.10 Å². The molecule has 160 valence electrons. The number of aromatic nitrogens is 5. The standard InChI is InChI=1S/C21H21FN6.C2H5N/c1-14-11-16(22)3-4-19(14)28-20(12-18(26-28)15-5-8-23-9-6-15)17-13-25-27-10-2-7-24-21(17)27;1-2-3/h2-4,7,10-13,15,23H,5-6,8-9H2,1H3;2H,1,3H2. The van der Waals surface area contributed by atoms with E-state index in [2.05, 4.69) is 33.8 Å². The van der Waals surface area contributed by atoms with Crippen molar-refractivity contribution in [2.45, 2.75) is 25.7 Å². The van der Waals surface area contributed by atoms with Crippen LogP contribution in [-0.2, 0) is 0 Å². The molecule has 5 rings (SSSR count). The van der Waals surface area contributed by atoms with Crippen LogP contribution in [0.2, 0.25) is 0 Å². The highest BCUT2D eigenvalue weighted by Crippen LogP contribution is 2.32. The van der Waals surface area contributed by atoms with E-state index in [0.717, 1.165) is 59.8 Å². The lowest BCUT2D eigenvalue weighted by Gasteiger charge is -2.20. The van der Waals surface area contributed by atoms with Crippen molar-refractivity contribution in [2.24, 2.45) is 5.73 Å². The van der Waals surface area contributed by atoms with Crippen LogP contribution in [0.5, 0.6) is 0 Å².